The van der Waals surface area contributed by atoms with Crippen LogP contribution in [0.15, 0.2) is 42.9 Å². The number of pyridine rings is 1. The van der Waals surface area contributed by atoms with Gasteiger partial charge in [0.05, 0.1) is 23.0 Å². The predicted octanol–water partition coefficient (Wildman–Crippen LogP) is 5.62. The molecule has 2 aliphatic rings. The molecule has 6 heteroatoms. The number of fused-ring (bicyclic) bond motifs is 1. The van der Waals surface area contributed by atoms with Crippen molar-refractivity contribution in [3.63, 3.8) is 0 Å². The average Bonchev–Trinajstić information content (AvgIpc) is 3.20. The summed E-state index contributed by atoms with van der Waals surface area (Å²) in [5.74, 6) is 0.795. The number of amides is 1. The van der Waals surface area contributed by atoms with E-state index in [-0.39, 0.29) is 11.9 Å². The molecular formula is C28H35FN4O. The first-order chi connectivity index (χ1) is 16.4. The van der Waals surface area contributed by atoms with Crippen molar-refractivity contribution in [2.24, 2.45) is 5.92 Å². The summed E-state index contributed by atoms with van der Waals surface area (Å²) in [6, 6.07) is 6.61. The normalized spacial score (nSPS) is 17.9. The highest BCUT2D eigenvalue weighted by Crippen LogP contribution is 2.37. The van der Waals surface area contributed by atoms with E-state index in [0.717, 1.165) is 37.4 Å². The van der Waals surface area contributed by atoms with E-state index >= 15 is 0 Å². The SMILES string of the molecule is CC(C)N(C)C(=O)c1cc(F)ccc1-n1cc(C2CCN(CC3CCC3)CC2)c2ccncc21. The summed E-state index contributed by atoms with van der Waals surface area (Å²) in [7, 11) is 1.76. The van der Waals surface area contributed by atoms with Gasteiger partial charge < -0.3 is 14.4 Å². The van der Waals surface area contributed by atoms with Crippen LogP contribution in [0.3, 0.4) is 0 Å². The standard InChI is InChI=1S/C28H35FN4O/c1-19(2)31(3)28(34)24-15-22(29)7-8-26(24)33-18-25(23-9-12-30-16-27(23)33)21-10-13-32(14-11-21)17-20-5-4-6-20/h7-9,12,15-16,18-21H,4-6,10-11,13-14,17H2,1-3H3. The summed E-state index contributed by atoms with van der Waals surface area (Å²) in [6.45, 7) is 7.45. The summed E-state index contributed by atoms with van der Waals surface area (Å²) in [4.78, 5) is 21.9. The van der Waals surface area contributed by atoms with Crippen LogP contribution in [0.2, 0.25) is 0 Å². The predicted molar refractivity (Wildman–Crippen MR) is 134 cm³/mol. The molecule has 2 aromatic heterocycles. The zero-order valence-corrected chi connectivity index (χ0v) is 20.5. The summed E-state index contributed by atoms with van der Waals surface area (Å²) < 4.78 is 16.3. The Hall–Kier alpha value is -2.73. The van der Waals surface area contributed by atoms with Crippen molar-refractivity contribution in [2.75, 3.05) is 26.7 Å². The van der Waals surface area contributed by atoms with Crippen molar-refractivity contribution in [3.05, 3.63) is 59.8 Å². The Morgan fingerprint density at radius 3 is 2.62 bits per heavy atom. The lowest BCUT2D eigenvalue weighted by atomic mass is 9.83. The number of likely N-dealkylation sites (tertiary alicyclic amines) is 1. The van der Waals surface area contributed by atoms with E-state index in [0.29, 0.717) is 17.2 Å². The maximum atomic E-state index is 14.3. The molecule has 5 rings (SSSR count). The van der Waals surface area contributed by atoms with Gasteiger partial charge in [0, 0.05) is 37.4 Å². The van der Waals surface area contributed by atoms with E-state index in [4.69, 9.17) is 0 Å². The van der Waals surface area contributed by atoms with E-state index in [1.807, 2.05) is 30.8 Å². The molecule has 1 aliphatic heterocycles. The van der Waals surface area contributed by atoms with Gasteiger partial charge in [0.1, 0.15) is 5.82 Å². The van der Waals surface area contributed by atoms with Gasteiger partial charge in [-0.3, -0.25) is 9.78 Å². The zero-order chi connectivity index (χ0) is 23.8. The third-order valence-corrected chi connectivity index (χ3v) is 7.95. The summed E-state index contributed by atoms with van der Waals surface area (Å²) in [5.41, 5.74) is 3.34. The Balaban J connectivity index is 1.49. The molecule has 3 aromatic rings. The lowest BCUT2D eigenvalue weighted by Gasteiger charge is -2.37. The third-order valence-electron chi connectivity index (χ3n) is 7.95. The molecule has 0 bridgehead atoms. The second-order valence-corrected chi connectivity index (χ2v) is 10.4. The van der Waals surface area contributed by atoms with Crippen molar-refractivity contribution >= 4 is 16.8 Å². The van der Waals surface area contributed by atoms with Crippen LogP contribution in [-0.2, 0) is 0 Å². The zero-order valence-electron chi connectivity index (χ0n) is 20.5. The molecule has 5 nitrogen and oxygen atoms in total. The Labute approximate surface area is 201 Å². The first kappa shape index (κ1) is 23.0. The maximum Gasteiger partial charge on any atom is 0.256 e. The van der Waals surface area contributed by atoms with Crippen LogP contribution in [0.25, 0.3) is 16.6 Å². The molecule has 1 aliphatic carbocycles. The lowest BCUT2D eigenvalue weighted by Crippen LogP contribution is -2.38. The highest BCUT2D eigenvalue weighted by Gasteiger charge is 2.28. The Bertz CT molecular complexity index is 1170. The highest BCUT2D eigenvalue weighted by atomic mass is 19.1. The van der Waals surface area contributed by atoms with Crippen molar-refractivity contribution in [1.82, 2.24) is 19.4 Å². The number of hydrogen-bond donors (Lipinski definition) is 0. The molecule has 0 atom stereocenters. The molecule has 0 unspecified atom stereocenters. The van der Waals surface area contributed by atoms with Crippen LogP contribution >= 0.6 is 0 Å². The lowest BCUT2D eigenvalue weighted by molar-refractivity contribution is 0.0754. The summed E-state index contributed by atoms with van der Waals surface area (Å²) in [6.07, 6.45) is 12.3. The van der Waals surface area contributed by atoms with E-state index in [1.165, 1.54) is 48.9 Å². The van der Waals surface area contributed by atoms with Crippen molar-refractivity contribution in [3.8, 4) is 5.69 Å². The largest absolute Gasteiger partial charge is 0.339 e. The first-order valence-electron chi connectivity index (χ1n) is 12.7. The van der Waals surface area contributed by atoms with Crippen molar-refractivity contribution < 1.29 is 9.18 Å². The van der Waals surface area contributed by atoms with Gasteiger partial charge in [-0.1, -0.05) is 6.42 Å². The van der Waals surface area contributed by atoms with Gasteiger partial charge >= 0.3 is 0 Å². The quantitative estimate of drug-likeness (QED) is 0.477. The van der Waals surface area contributed by atoms with Crippen LogP contribution in [0.4, 0.5) is 4.39 Å². The second-order valence-electron chi connectivity index (χ2n) is 10.4. The molecule has 180 valence electrons. The summed E-state index contributed by atoms with van der Waals surface area (Å²) in [5, 5.41) is 1.17. The fourth-order valence-electron chi connectivity index (χ4n) is 5.41. The molecule has 1 saturated carbocycles. The number of benzene rings is 1. The minimum Gasteiger partial charge on any atom is -0.339 e. The number of piperidine rings is 1. The molecule has 1 amide bonds. The third kappa shape index (κ3) is 4.36. The monoisotopic (exact) mass is 462 g/mol. The number of rotatable bonds is 6. The smallest absolute Gasteiger partial charge is 0.256 e. The van der Waals surface area contributed by atoms with Gasteiger partial charge in [0.15, 0.2) is 0 Å². The Kier molecular flexibility index (Phi) is 6.43. The molecule has 0 N–H and O–H groups in total. The molecule has 0 spiro atoms. The van der Waals surface area contributed by atoms with Crippen LogP contribution < -0.4 is 0 Å². The van der Waals surface area contributed by atoms with Gasteiger partial charge in [-0.05, 0) is 94.3 Å². The number of hydrogen-bond acceptors (Lipinski definition) is 3. The number of carbonyl (C=O) groups is 1. The second kappa shape index (κ2) is 9.49. The van der Waals surface area contributed by atoms with Gasteiger partial charge in [0.2, 0.25) is 0 Å². The van der Waals surface area contributed by atoms with Crippen molar-refractivity contribution in [2.45, 2.75) is 57.9 Å². The molecule has 0 radical (unpaired) electrons. The first-order valence-corrected chi connectivity index (χ1v) is 12.7. The molecular weight excluding hydrogens is 427 g/mol. The van der Waals surface area contributed by atoms with Crippen LogP contribution in [0.5, 0.6) is 0 Å². The fourth-order valence-corrected chi connectivity index (χ4v) is 5.41. The molecule has 1 saturated heterocycles. The van der Waals surface area contributed by atoms with E-state index in [2.05, 4.69) is 22.1 Å². The van der Waals surface area contributed by atoms with Crippen LogP contribution in [0, 0.1) is 11.7 Å². The number of nitrogens with zero attached hydrogens (tertiary/aromatic N) is 4. The average molecular weight is 463 g/mol. The Morgan fingerprint density at radius 1 is 1.18 bits per heavy atom. The van der Waals surface area contributed by atoms with Gasteiger partial charge in [-0.15, -0.1) is 0 Å². The van der Waals surface area contributed by atoms with Crippen LogP contribution in [-0.4, -0.2) is 58.0 Å². The Morgan fingerprint density at radius 2 is 1.94 bits per heavy atom. The molecule has 2 fully saturated rings. The fraction of sp³-hybridized carbons (Fsp3) is 0.500. The minimum atomic E-state index is -0.405. The van der Waals surface area contributed by atoms with E-state index < -0.39 is 5.82 Å². The number of halogens is 1. The van der Waals surface area contributed by atoms with E-state index in [9.17, 15) is 9.18 Å². The number of aromatic nitrogens is 2. The van der Waals surface area contributed by atoms with Crippen LogP contribution in [0.1, 0.15) is 67.8 Å². The number of carbonyl (C=O) groups excluding carboxylic acids is 1. The topological polar surface area (TPSA) is 41.4 Å². The minimum absolute atomic E-state index is 0.0207. The van der Waals surface area contributed by atoms with Gasteiger partial charge in [0.25, 0.3) is 5.91 Å². The maximum absolute atomic E-state index is 14.3. The highest BCUT2D eigenvalue weighted by molar-refractivity contribution is 5.99. The summed E-state index contributed by atoms with van der Waals surface area (Å²) >= 11 is 0. The van der Waals surface area contributed by atoms with Gasteiger partial charge in [-0.2, -0.15) is 0 Å². The molecule has 3 heterocycles. The van der Waals surface area contributed by atoms with E-state index in [1.54, 1.807) is 18.0 Å². The molecule has 1 aromatic carbocycles. The molecule has 34 heavy (non-hydrogen) atoms. The van der Waals surface area contributed by atoms with Crippen molar-refractivity contribution in [1.29, 1.82) is 0 Å². The van der Waals surface area contributed by atoms with Gasteiger partial charge in [-0.25, -0.2) is 4.39 Å².